The van der Waals surface area contributed by atoms with E-state index in [2.05, 4.69) is 127 Å². The molecule has 0 saturated heterocycles. The average molecular weight is 628 g/mol. The van der Waals surface area contributed by atoms with Crippen LogP contribution in [0.5, 0.6) is 0 Å². The van der Waals surface area contributed by atoms with Crippen molar-refractivity contribution in [3.05, 3.63) is 176 Å². The van der Waals surface area contributed by atoms with Crippen LogP contribution in [0.4, 0.5) is 0 Å². The third-order valence-corrected chi connectivity index (χ3v) is 8.98. The third kappa shape index (κ3) is 5.26. The minimum absolute atomic E-state index is 0.608. The molecule has 0 N–H and O–H groups in total. The summed E-state index contributed by atoms with van der Waals surface area (Å²) in [5, 5.41) is 2.19. The molecule has 7 aromatic carbocycles. The molecule has 4 heteroatoms. The van der Waals surface area contributed by atoms with Gasteiger partial charge >= 0.3 is 0 Å². The highest BCUT2D eigenvalue weighted by Crippen LogP contribution is 2.39. The quantitative estimate of drug-likeness (QED) is 0.184. The molecule has 0 atom stereocenters. The van der Waals surface area contributed by atoms with Crippen molar-refractivity contribution >= 4 is 21.9 Å². The van der Waals surface area contributed by atoms with Crippen molar-refractivity contribution in [2.24, 2.45) is 0 Å². The number of aromatic nitrogens is 3. The van der Waals surface area contributed by atoms with Crippen LogP contribution in [0.2, 0.25) is 0 Å². The lowest BCUT2D eigenvalue weighted by Gasteiger charge is -2.14. The molecule has 9 rings (SSSR count). The van der Waals surface area contributed by atoms with Gasteiger partial charge in [-0.3, -0.25) is 0 Å². The number of rotatable bonds is 6. The van der Waals surface area contributed by atoms with Crippen LogP contribution in [0.15, 0.2) is 180 Å². The molecule has 0 bridgehead atoms. The lowest BCUT2D eigenvalue weighted by atomic mass is 9.97. The first-order valence-corrected chi connectivity index (χ1v) is 16.4. The SMILES string of the molecule is c1ccc(-c2ccccc2-c2nc(-c3cccc(-c4cccc5oc6ccccc6c45)c3)nc(-c3ccccc3-c3ccccc3)n2)cc1. The van der Waals surface area contributed by atoms with E-state index < -0.39 is 0 Å². The second-order valence-corrected chi connectivity index (χ2v) is 12.0. The zero-order chi connectivity index (χ0) is 32.6. The van der Waals surface area contributed by atoms with E-state index in [0.717, 1.165) is 72.0 Å². The Hall–Kier alpha value is -6.65. The highest BCUT2D eigenvalue weighted by molar-refractivity contribution is 6.12. The number of nitrogens with zero attached hydrogens (tertiary/aromatic N) is 3. The van der Waals surface area contributed by atoms with Crippen molar-refractivity contribution in [3.8, 4) is 67.5 Å². The third-order valence-electron chi connectivity index (χ3n) is 8.98. The van der Waals surface area contributed by atoms with Gasteiger partial charge < -0.3 is 4.42 Å². The summed E-state index contributed by atoms with van der Waals surface area (Å²) in [5.74, 6) is 1.85. The van der Waals surface area contributed by atoms with Gasteiger partial charge in [-0.2, -0.15) is 0 Å². The standard InChI is InChI=1S/C45H29N3O/c1-3-15-30(16-4-1)34-21-7-9-23-37(34)44-46-43(47-45(48-44)38-24-10-8-22-35(38)31-17-5-2-6-18-31)33-20-13-19-32(29-33)36-26-14-28-41-42(36)39-25-11-12-27-40(39)49-41/h1-29H. The summed E-state index contributed by atoms with van der Waals surface area (Å²) >= 11 is 0. The zero-order valence-corrected chi connectivity index (χ0v) is 26.5. The van der Waals surface area contributed by atoms with Gasteiger partial charge in [0.1, 0.15) is 11.2 Å². The molecule has 0 unspecified atom stereocenters. The predicted molar refractivity (Wildman–Crippen MR) is 200 cm³/mol. The molecule has 0 amide bonds. The molecule has 49 heavy (non-hydrogen) atoms. The summed E-state index contributed by atoms with van der Waals surface area (Å²) in [7, 11) is 0. The smallest absolute Gasteiger partial charge is 0.164 e. The van der Waals surface area contributed by atoms with Gasteiger partial charge in [-0.25, -0.2) is 15.0 Å². The number of hydrogen-bond acceptors (Lipinski definition) is 4. The molecule has 0 spiro atoms. The first kappa shape index (κ1) is 28.6. The van der Waals surface area contributed by atoms with E-state index in [1.54, 1.807) is 0 Å². The predicted octanol–water partition coefficient (Wildman–Crippen LogP) is 11.8. The summed E-state index contributed by atoms with van der Waals surface area (Å²) < 4.78 is 6.22. The topological polar surface area (TPSA) is 51.8 Å². The summed E-state index contributed by atoms with van der Waals surface area (Å²) in [6.07, 6.45) is 0. The molecule has 2 heterocycles. The van der Waals surface area contributed by atoms with Gasteiger partial charge in [0.25, 0.3) is 0 Å². The molecule has 230 valence electrons. The van der Waals surface area contributed by atoms with E-state index in [9.17, 15) is 0 Å². The van der Waals surface area contributed by atoms with Gasteiger partial charge in [0, 0.05) is 27.5 Å². The number of para-hydroxylation sites is 1. The highest BCUT2D eigenvalue weighted by Gasteiger charge is 2.19. The molecule has 0 fully saturated rings. The lowest BCUT2D eigenvalue weighted by molar-refractivity contribution is 0.669. The molecule has 0 radical (unpaired) electrons. The maximum atomic E-state index is 6.22. The monoisotopic (exact) mass is 627 g/mol. The Morgan fingerprint density at radius 1 is 0.306 bits per heavy atom. The van der Waals surface area contributed by atoms with E-state index >= 15 is 0 Å². The molecule has 4 nitrogen and oxygen atoms in total. The fourth-order valence-corrected chi connectivity index (χ4v) is 6.68. The van der Waals surface area contributed by atoms with Crippen LogP contribution in [0.3, 0.4) is 0 Å². The number of furan rings is 1. The maximum absolute atomic E-state index is 6.22. The largest absolute Gasteiger partial charge is 0.456 e. The van der Waals surface area contributed by atoms with Crippen molar-refractivity contribution in [2.45, 2.75) is 0 Å². The van der Waals surface area contributed by atoms with E-state index in [1.165, 1.54) is 0 Å². The summed E-state index contributed by atoms with van der Waals surface area (Å²) in [4.78, 5) is 15.6. The summed E-state index contributed by atoms with van der Waals surface area (Å²) in [5.41, 5.74) is 11.0. The molecule has 9 aromatic rings. The van der Waals surface area contributed by atoms with Crippen LogP contribution in [0, 0.1) is 0 Å². The van der Waals surface area contributed by atoms with E-state index in [-0.39, 0.29) is 0 Å². The minimum atomic E-state index is 0.608. The van der Waals surface area contributed by atoms with Crippen LogP contribution in [-0.2, 0) is 0 Å². The van der Waals surface area contributed by atoms with Gasteiger partial charge in [0.2, 0.25) is 0 Å². The number of fused-ring (bicyclic) bond motifs is 3. The maximum Gasteiger partial charge on any atom is 0.164 e. The molecule has 0 aliphatic heterocycles. The fraction of sp³-hybridized carbons (Fsp3) is 0. The second-order valence-electron chi connectivity index (χ2n) is 12.0. The minimum Gasteiger partial charge on any atom is -0.456 e. The lowest BCUT2D eigenvalue weighted by Crippen LogP contribution is -2.02. The van der Waals surface area contributed by atoms with Crippen LogP contribution < -0.4 is 0 Å². The molecule has 0 saturated carbocycles. The Morgan fingerprint density at radius 3 is 1.41 bits per heavy atom. The normalized spacial score (nSPS) is 11.3. The molecule has 2 aromatic heterocycles. The van der Waals surface area contributed by atoms with Crippen LogP contribution >= 0.6 is 0 Å². The summed E-state index contributed by atoms with van der Waals surface area (Å²) in [6.45, 7) is 0. The Morgan fingerprint density at radius 2 is 0.755 bits per heavy atom. The first-order valence-electron chi connectivity index (χ1n) is 16.4. The van der Waals surface area contributed by atoms with E-state index in [0.29, 0.717) is 17.5 Å². The molecular weight excluding hydrogens is 599 g/mol. The number of hydrogen-bond donors (Lipinski definition) is 0. The van der Waals surface area contributed by atoms with E-state index in [4.69, 9.17) is 19.4 Å². The van der Waals surface area contributed by atoms with Gasteiger partial charge in [-0.05, 0) is 51.6 Å². The van der Waals surface area contributed by atoms with Crippen molar-refractivity contribution < 1.29 is 4.42 Å². The zero-order valence-electron chi connectivity index (χ0n) is 26.5. The molecule has 0 aliphatic carbocycles. The van der Waals surface area contributed by atoms with Crippen molar-refractivity contribution in [2.75, 3.05) is 0 Å². The van der Waals surface area contributed by atoms with Crippen LogP contribution in [-0.4, -0.2) is 15.0 Å². The first-order chi connectivity index (χ1) is 24.3. The Bertz CT molecular complexity index is 2510. The Balaban J connectivity index is 1.26. The van der Waals surface area contributed by atoms with Crippen molar-refractivity contribution in [3.63, 3.8) is 0 Å². The van der Waals surface area contributed by atoms with Gasteiger partial charge in [-0.1, -0.05) is 158 Å². The Kier molecular flexibility index (Phi) is 7.10. The number of benzene rings is 7. The van der Waals surface area contributed by atoms with Crippen LogP contribution in [0.1, 0.15) is 0 Å². The van der Waals surface area contributed by atoms with Crippen molar-refractivity contribution in [1.82, 2.24) is 15.0 Å². The molecular formula is C45H29N3O. The van der Waals surface area contributed by atoms with Gasteiger partial charge in [0.05, 0.1) is 0 Å². The van der Waals surface area contributed by atoms with Gasteiger partial charge in [-0.15, -0.1) is 0 Å². The Labute approximate surface area is 284 Å². The fourth-order valence-electron chi connectivity index (χ4n) is 6.68. The second kappa shape index (κ2) is 12.2. The summed E-state index contributed by atoms with van der Waals surface area (Å²) in [6, 6.07) is 60.3. The molecule has 0 aliphatic rings. The van der Waals surface area contributed by atoms with E-state index in [1.807, 2.05) is 48.5 Å². The average Bonchev–Trinajstić information content (AvgIpc) is 3.58. The highest BCUT2D eigenvalue weighted by atomic mass is 16.3. The van der Waals surface area contributed by atoms with Crippen LogP contribution in [0.25, 0.3) is 89.5 Å². The van der Waals surface area contributed by atoms with Gasteiger partial charge in [0.15, 0.2) is 17.5 Å². The van der Waals surface area contributed by atoms with Crippen molar-refractivity contribution in [1.29, 1.82) is 0 Å².